The molecule has 0 saturated heterocycles. The Hall–Kier alpha value is -0.830. The van der Waals surface area contributed by atoms with E-state index in [4.69, 9.17) is 0 Å². The molecule has 1 aliphatic carbocycles. The molecule has 0 amide bonds. The molecule has 0 spiro atoms. The zero-order valence-corrected chi connectivity index (χ0v) is 12.1. The first kappa shape index (κ1) is 13.6. The second-order valence-electron chi connectivity index (χ2n) is 5.49. The first-order valence-corrected chi connectivity index (χ1v) is 7.51. The highest BCUT2D eigenvalue weighted by molar-refractivity contribution is 5.09. The minimum Gasteiger partial charge on any atom is -0.314 e. The summed E-state index contributed by atoms with van der Waals surface area (Å²) in [5.74, 6) is 0.961. The predicted octanol–water partition coefficient (Wildman–Crippen LogP) is 2.92. The quantitative estimate of drug-likeness (QED) is 0.767. The molecule has 1 aliphatic rings. The molecule has 1 atom stereocenters. The van der Waals surface area contributed by atoms with Gasteiger partial charge in [-0.1, -0.05) is 6.92 Å². The van der Waals surface area contributed by atoms with E-state index in [0.29, 0.717) is 0 Å². The van der Waals surface area contributed by atoms with Crippen molar-refractivity contribution in [3.63, 3.8) is 0 Å². The van der Waals surface area contributed by atoms with Gasteiger partial charge < -0.3 is 5.32 Å². The van der Waals surface area contributed by atoms with E-state index in [9.17, 15) is 0 Å². The van der Waals surface area contributed by atoms with E-state index >= 15 is 0 Å². The van der Waals surface area contributed by atoms with E-state index in [1.165, 1.54) is 37.8 Å². The Morgan fingerprint density at radius 2 is 2.22 bits per heavy atom. The van der Waals surface area contributed by atoms with Crippen LogP contribution in [0.5, 0.6) is 0 Å². The Kier molecular flexibility index (Phi) is 4.81. The van der Waals surface area contributed by atoms with Gasteiger partial charge in [0.2, 0.25) is 0 Å². The molecule has 1 aromatic rings. The highest BCUT2D eigenvalue weighted by atomic mass is 15.3. The molecule has 0 bridgehead atoms. The zero-order chi connectivity index (χ0) is 13.0. The molecule has 18 heavy (non-hydrogen) atoms. The van der Waals surface area contributed by atoms with Crippen LogP contribution < -0.4 is 5.32 Å². The largest absolute Gasteiger partial charge is 0.314 e. The van der Waals surface area contributed by atoms with Gasteiger partial charge in [-0.3, -0.25) is 4.68 Å². The third-order valence-corrected chi connectivity index (χ3v) is 3.89. The third-order valence-electron chi connectivity index (χ3n) is 3.89. The average molecular weight is 249 g/mol. The number of hydrogen-bond acceptors (Lipinski definition) is 2. The minimum atomic E-state index is 0.758. The van der Waals surface area contributed by atoms with E-state index in [2.05, 4.69) is 41.9 Å². The maximum atomic E-state index is 4.51. The molecule has 1 unspecified atom stereocenters. The summed E-state index contributed by atoms with van der Waals surface area (Å²) in [6.07, 6.45) is 6.63. The Labute approximate surface area is 111 Å². The van der Waals surface area contributed by atoms with Gasteiger partial charge in [-0.05, 0) is 64.5 Å². The van der Waals surface area contributed by atoms with Crippen molar-refractivity contribution in [2.45, 2.75) is 65.5 Å². The monoisotopic (exact) mass is 249 g/mol. The summed E-state index contributed by atoms with van der Waals surface area (Å²) in [7, 11) is 0. The van der Waals surface area contributed by atoms with Crippen LogP contribution in [0.4, 0.5) is 0 Å². The lowest BCUT2D eigenvalue weighted by atomic mass is 10.0. The topological polar surface area (TPSA) is 29.9 Å². The van der Waals surface area contributed by atoms with Gasteiger partial charge in [-0.2, -0.15) is 5.10 Å². The van der Waals surface area contributed by atoms with Gasteiger partial charge in [0.1, 0.15) is 0 Å². The van der Waals surface area contributed by atoms with Crippen LogP contribution in [-0.4, -0.2) is 22.4 Å². The molecule has 0 radical (unpaired) electrons. The molecular formula is C15H27N3. The lowest BCUT2D eigenvalue weighted by Gasteiger charge is -2.17. The van der Waals surface area contributed by atoms with E-state index in [0.717, 1.165) is 30.7 Å². The van der Waals surface area contributed by atoms with Gasteiger partial charge in [0.15, 0.2) is 0 Å². The standard InChI is InChI=1S/C15H27N3/c1-4-16-15(13-9-10-13)8-6-7-14-11-12(3)17-18(14)5-2/h11,13,15-16H,4-10H2,1-3H3. The first-order chi connectivity index (χ1) is 8.74. The summed E-state index contributed by atoms with van der Waals surface area (Å²) < 4.78 is 2.15. The SMILES string of the molecule is CCNC(CCCc1cc(C)nn1CC)C1CC1. The Balaban J connectivity index is 1.79. The number of hydrogen-bond donors (Lipinski definition) is 1. The molecule has 1 fully saturated rings. The Morgan fingerprint density at radius 1 is 1.44 bits per heavy atom. The fourth-order valence-electron chi connectivity index (χ4n) is 2.84. The van der Waals surface area contributed by atoms with E-state index in [1.54, 1.807) is 0 Å². The highest BCUT2D eigenvalue weighted by Gasteiger charge is 2.29. The van der Waals surface area contributed by atoms with Crippen molar-refractivity contribution in [2.75, 3.05) is 6.54 Å². The fraction of sp³-hybridized carbons (Fsp3) is 0.800. The van der Waals surface area contributed by atoms with Crippen LogP contribution in [0.3, 0.4) is 0 Å². The van der Waals surface area contributed by atoms with Gasteiger partial charge in [-0.15, -0.1) is 0 Å². The summed E-state index contributed by atoms with van der Waals surface area (Å²) in [5, 5.41) is 8.15. The van der Waals surface area contributed by atoms with Crippen LogP contribution in [0, 0.1) is 12.8 Å². The summed E-state index contributed by atoms with van der Waals surface area (Å²) in [5.41, 5.74) is 2.55. The molecule has 2 rings (SSSR count). The highest BCUT2D eigenvalue weighted by Crippen LogP contribution is 2.34. The van der Waals surface area contributed by atoms with E-state index in [1.807, 2.05) is 0 Å². The minimum absolute atomic E-state index is 0.758. The first-order valence-electron chi connectivity index (χ1n) is 7.51. The Morgan fingerprint density at radius 3 is 2.83 bits per heavy atom. The second-order valence-corrected chi connectivity index (χ2v) is 5.49. The number of nitrogens with one attached hydrogen (secondary N) is 1. The number of rotatable bonds is 8. The van der Waals surface area contributed by atoms with Crippen LogP contribution in [0.2, 0.25) is 0 Å². The van der Waals surface area contributed by atoms with Crippen molar-refractivity contribution in [1.29, 1.82) is 0 Å². The van der Waals surface area contributed by atoms with Crippen molar-refractivity contribution in [3.05, 3.63) is 17.5 Å². The van der Waals surface area contributed by atoms with Crippen molar-refractivity contribution in [1.82, 2.24) is 15.1 Å². The van der Waals surface area contributed by atoms with Crippen LogP contribution in [0.1, 0.15) is 50.9 Å². The molecule has 3 nitrogen and oxygen atoms in total. The molecule has 1 heterocycles. The zero-order valence-electron chi connectivity index (χ0n) is 12.1. The molecule has 0 aromatic carbocycles. The van der Waals surface area contributed by atoms with Crippen LogP contribution in [0.15, 0.2) is 6.07 Å². The summed E-state index contributed by atoms with van der Waals surface area (Å²) >= 11 is 0. The summed E-state index contributed by atoms with van der Waals surface area (Å²) in [6, 6.07) is 3.00. The van der Waals surface area contributed by atoms with Crippen LogP contribution in [0.25, 0.3) is 0 Å². The van der Waals surface area contributed by atoms with E-state index in [-0.39, 0.29) is 0 Å². The molecule has 0 aliphatic heterocycles. The maximum absolute atomic E-state index is 4.51. The fourth-order valence-corrected chi connectivity index (χ4v) is 2.84. The van der Waals surface area contributed by atoms with E-state index < -0.39 is 0 Å². The summed E-state index contributed by atoms with van der Waals surface area (Å²) in [6.45, 7) is 8.56. The van der Waals surface area contributed by atoms with Crippen molar-refractivity contribution >= 4 is 0 Å². The normalized spacial score (nSPS) is 17.1. The average Bonchev–Trinajstić information content (AvgIpc) is 3.13. The molecule has 1 N–H and O–H groups in total. The molecule has 1 saturated carbocycles. The van der Waals surface area contributed by atoms with Crippen molar-refractivity contribution in [2.24, 2.45) is 5.92 Å². The Bertz CT molecular complexity index is 366. The van der Waals surface area contributed by atoms with Gasteiger partial charge >= 0.3 is 0 Å². The molecule has 102 valence electrons. The number of aryl methyl sites for hydroxylation is 3. The smallest absolute Gasteiger partial charge is 0.0596 e. The van der Waals surface area contributed by atoms with Gasteiger partial charge in [0, 0.05) is 18.3 Å². The third kappa shape index (κ3) is 3.58. The lowest BCUT2D eigenvalue weighted by molar-refractivity contribution is 0.431. The molecule has 1 aromatic heterocycles. The lowest BCUT2D eigenvalue weighted by Crippen LogP contribution is -2.30. The van der Waals surface area contributed by atoms with Gasteiger partial charge in [0.25, 0.3) is 0 Å². The second kappa shape index (κ2) is 6.37. The van der Waals surface area contributed by atoms with Gasteiger partial charge in [-0.25, -0.2) is 0 Å². The molecule has 3 heteroatoms. The maximum Gasteiger partial charge on any atom is 0.0596 e. The molecular weight excluding hydrogens is 222 g/mol. The predicted molar refractivity (Wildman–Crippen MR) is 75.8 cm³/mol. The number of nitrogens with zero attached hydrogens (tertiary/aromatic N) is 2. The number of aromatic nitrogens is 2. The van der Waals surface area contributed by atoms with Crippen molar-refractivity contribution < 1.29 is 0 Å². The van der Waals surface area contributed by atoms with Crippen LogP contribution >= 0.6 is 0 Å². The van der Waals surface area contributed by atoms with Crippen LogP contribution in [-0.2, 0) is 13.0 Å². The summed E-state index contributed by atoms with van der Waals surface area (Å²) in [4.78, 5) is 0. The van der Waals surface area contributed by atoms with Gasteiger partial charge in [0.05, 0.1) is 5.69 Å². The van der Waals surface area contributed by atoms with Crippen molar-refractivity contribution in [3.8, 4) is 0 Å².